The first kappa shape index (κ1) is 11.7. The van der Waals surface area contributed by atoms with Gasteiger partial charge in [-0.05, 0) is 34.1 Å². The van der Waals surface area contributed by atoms with Crippen molar-refractivity contribution in [1.29, 1.82) is 0 Å². The van der Waals surface area contributed by atoms with E-state index in [1.54, 1.807) is 12.1 Å². The molecule has 0 atom stereocenters. The summed E-state index contributed by atoms with van der Waals surface area (Å²) in [5.74, 6) is -0.464. The summed E-state index contributed by atoms with van der Waals surface area (Å²) in [6, 6.07) is 15.3. The van der Waals surface area contributed by atoms with E-state index in [-0.39, 0.29) is 6.01 Å². The van der Waals surface area contributed by atoms with E-state index in [1.165, 1.54) is 0 Å². The number of anilines is 1. The molecule has 1 aromatic heterocycles. The Bertz CT molecular complexity index is 1040. The van der Waals surface area contributed by atoms with E-state index in [1.807, 2.05) is 36.4 Å². The smallest absolute Gasteiger partial charge is 0.328 e. The maximum Gasteiger partial charge on any atom is 0.328 e. The number of hydrogen-bond donors (Lipinski definition) is 1. The van der Waals surface area contributed by atoms with Gasteiger partial charge in [0, 0.05) is 22.3 Å². The monoisotopic (exact) mass is 421 g/mol. The molecule has 0 bridgehead atoms. The normalized spacial score (nSPS) is 14.7. The zero-order valence-corrected chi connectivity index (χ0v) is 15.0. The second kappa shape index (κ2) is 8.53. The van der Waals surface area contributed by atoms with Gasteiger partial charge in [-0.1, -0.05) is 30.3 Å². The van der Waals surface area contributed by atoms with Crippen LogP contribution in [0.5, 0.6) is 23.5 Å². The first-order chi connectivity index (χ1) is 15.0. The second-order valence-electron chi connectivity index (χ2n) is 5.07. The maximum atomic E-state index is 7.25. The summed E-state index contributed by atoms with van der Waals surface area (Å²) in [6.45, 7) is 0.392. The van der Waals surface area contributed by atoms with Gasteiger partial charge in [0.2, 0.25) is 11.8 Å². The van der Waals surface area contributed by atoms with Gasteiger partial charge >= 0.3 is 6.01 Å². The molecule has 0 aliphatic heterocycles. The summed E-state index contributed by atoms with van der Waals surface area (Å²) in [4.78, 5) is 7.82. The van der Waals surface area contributed by atoms with Crippen molar-refractivity contribution in [3.05, 3.63) is 64.6 Å². The van der Waals surface area contributed by atoms with Crippen LogP contribution in [-0.2, 0) is 6.54 Å². The van der Waals surface area contributed by atoms with Crippen LogP contribution in [0.1, 0.15) is 13.8 Å². The van der Waals surface area contributed by atoms with Gasteiger partial charge in [0.05, 0.1) is 28.4 Å². The van der Waals surface area contributed by atoms with Crippen LogP contribution in [0.3, 0.4) is 0 Å². The average molecular weight is 422 g/mol. The molecule has 3 rings (SSSR count). The molecule has 0 unspecified atom stereocenters. The van der Waals surface area contributed by atoms with Gasteiger partial charge in [-0.3, -0.25) is 0 Å². The Hall–Kier alpha value is -2.80. The predicted molar refractivity (Wildman–Crippen MR) is 103 cm³/mol. The lowest BCUT2D eigenvalue weighted by atomic mass is 10.2. The standard InChI is InChI=1S/C19H18BrN3O3/c1-24-17-11-18(25-2)23-19(22-17)26-16-10-6-3-7-13(16)12-21-15-9-5-4-8-14(15)20/h3-11,21H,12H2,1-2H3/i1D3,2D3. The number of nitrogens with zero attached hydrogens (tertiary/aromatic N) is 2. The van der Waals surface area contributed by atoms with Gasteiger partial charge in [-0.2, -0.15) is 9.97 Å². The minimum Gasteiger partial charge on any atom is -0.481 e. The number of aromatic nitrogens is 2. The van der Waals surface area contributed by atoms with E-state index >= 15 is 0 Å². The van der Waals surface area contributed by atoms with E-state index in [4.69, 9.17) is 22.4 Å². The molecule has 0 saturated carbocycles. The minimum absolute atomic E-state index is 0.334. The lowest BCUT2D eigenvalue weighted by molar-refractivity contribution is 0.347. The molecule has 1 N–H and O–H groups in total. The van der Waals surface area contributed by atoms with Gasteiger partial charge < -0.3 is 19.5 Å². The lowest BCUT2D eigenvalue weighted by Gasteiger charge is -2.13. The summed E-state index contributed by atoms with van der Waals surface area (Å²) < 4.78 is 59.6. The molecule has 134 valence electrons. The van der Waals surface area contributed by atoms with Gasteiger partial charge in [0.1, 0.15) is 5.75 Å². The molecule has 2 aromatic carbocycles. The van der Waals surface area contributed by atoms with Crippen molar-refractivity contribution in [2.75, 3.05) is 19.4 Å². The Morgan fingerprint density at radius 3 is 2.42 bits per heavy atom. The van der Waals surface area contributed by atoms with Crippen LogP contribution < -0.4 is 19.5 Å². The summed E-state index contributed by atoms with van der Waals surface area (Å²) in [7, 11) is -5.62. The van der Waals surface area contributed by atoms with E-state index in [9.17, 15) is 0 Å². The van der Waals surface area contributed by atoms with Crippen LogP contribution in [0.25, 0.3) is 0 Å². The van der Waals surface area contributed by atoms with Crippen LogP contribution in [0.4, 0.5) is 5.69 Å². The first-order valence-corrected chi connectivity index (χ1v) is 8.29. The van der Waals surface area contributed by atoms with E-state index < -0.39 is 25.8 Å². The third-order valence-electron chi connectivity index (χ3n) is 3.38. The molecule has 3 aromatic rings. The highest BCUT2D eigenvalue weighted by Crippen LogP contribution is 2.28. The molecule has 1 heterocycles. The van der Waals surface area contributed by atoms with Crippen LogP contribution >= 0.6 is 15.9 Å². The molecule has 0 spiro atoms. The number of benzene rings is 2. The molecular weight excluding hydrogens is 398 g/mol. The predicted octanol–water partition coefficient (Wildman–Crippen LogP) is 4.66. The summed E-state index contributed by atoms with van der Waals surface area (Å²) >= 11 is 3.47. The Morgan fingerprint density at radius 2 is 1.69 bits per heavy atom. The molecule has 0 aliphatic rings. The van der Waals surface area contributed by atoms with Crippen LogP contribution in [-0.4, -0.2) is 24.0 Å². The number of hydrogen-bond acceptors (Lipinski definition) is 6. The maximum absolute atomic E-state index is 7.25. The molecule has 0 fully saturated rings. The number of rotatable bonds is 7. The molecule has 0 amide bonds. The number of ether oxygens (including phenoxy) is 3. The van der Waals surface area contributed by atoms with Crippen LogP contribution in [0, 0.1) is 0 Å². The van der Waals surface area contributed by atoms with Crippen molar-refractivity contribution in [2.24, 2.45) is 0 Å². The third-order valence-corrected chi connectivity index (χ3v) is 4.08. The fraction of sp³-hybridized carbons (Fsp3) is 0.158. The number of nitrogens with one attached hydrogen (secondary N) is 1. The van der Waals surface area contributed by atoms with Gasteiger partial charge in [-0.15, -0.1) is 0 Å². The zero-order chi connectivity index (χ0) is 23.4. The summed E-state index contributed by atoms with van der Waals surface area (Å²) in [6.07, 6.45) is 0. The fourth-order valence-corrected chi connectivity index (χ4v) is 2.60. The molecular formula is C19H18BrN3O3. The average Bonchev–Trinajstić information content (AvgIpc) is 2.65. The third kappa shape index (κ3) is 4.43. The Kier molecular flexibility index (Phi) is 3.85. The molecule has 6 nitrogen and oxygen atoms in total. The highest BCUT2D eigenvalue weighted by atomic mass is 79.9. The Morgan fingerprint density at radius 1 is 1.00 bits per heavy atom. The van der Waals surface area contributed by atoms with Crippen molar-refractivity contribution in [3.63, 3.8) is 0 Å². The molecule has 7 heteroatoms. The zero-order valence-electron chi connectivity index (χ0n) is 19.4. The van der Waals surface area contributed by atoms with Crippen molar-refractivity contribution in [3.8, 4) is 23.5 Å². The second-order valence-corrected chi connectivity index (χ2v) is 5.93. The fourth-order valence-electron chi connectivity index (χ4n) is 2.18. The van der Waals surface area contributed by atoms with Gasteiger partial charge in [-0.25, -0.2) is 0 Å². The highest BCUT2D eigenvalue weighted by Gasteiger charge is 2.10. The Balaban J connectivity index is 1.86. The van der Waals surface area contributed by atoms with E-state index in [0.29, 0.717) is 12.3 Å². The molecule has 0 radical (unpaired) electrons. The van der Waals surface area contributed by atoms with E-state index in [2.05, 4.69) is 31.2 Å². The van der Waals surface area contributed by atoms with Crippen molar-refractivity contribution >= 4 is 21.6 Å². The number of halogens is 1. The van der Waals surface area contributed by atoms with Crippen molar-refractivity contribution in [1.82, 2.24) is 9.97 Å². The minimum atomic E-state index is -2.81. The van der Waals surface area contributed by atoms with Crippen LogP contribution in [0.15, 0.2) is 59.1 Å². The SMILES string of the molecule is [2H]C([2H])([2H])Oc1cc(OC([2H])([2H])[2H])nc(Oc2ccccc2CNc2ccccc2Br)n1. The lowest BCUT2D eigenvalue weighted by Crippen LogP contribution is -2.03. The number of methoxy groups -OCH3 is 2. The van der Waals surface area contributed by atoms with Gasteiger partial charge in [0.15, 0.2) is 0 Å². The Labute approximate surface area is 168 Å². The molecule has 0 aliphatic carbocycles. The summed E-state index contributed by atoms with van der Waals surface area (Å²) in [5.41, 5.74) is 1.62. The number of para-hydroxylation sites is 2. The quantitative estimate of drug-likeness (QED) is 0.598. The largest absolute Gasteiger partial charge is 0.481 e. The van der Waals surface area contributed by atoms with Crippen molar-refractivity contribution in [2.45, 2.75) is 6.54 Å². The highest BCUT2D eigenvalue weighted by molar-refractivity contribution is 9.10. The van der Waals surface area contributed by atoms with E-state index in [0.717, 1.165) is 21.8 Å². The first-order valence-electron chi connectivity index (χ1n) is 10.5. The van der Waals surface area contributed by atoms with Crippen LogP contribution in [0.2, 0.25) is 0 Å². The van der Waals surface area contributed by atoms with Crippen molar-refractivity contribution < 1.29 is 22.4 Å². The van der Waals surface area contributed by atoms with Gasteiger partial charge in [0.25, 0.3) is 0 Å². The molecule has 26 heavy (non-hydrogen) atoms. The molecule has 0 saturated heterocycles. The summed E-state index contributed by atoms with van der Waals surface area (Å²) in [5, 5.41) is 3.27. The topological polar surface area (TPSA) is 65.5 Å².